The Morgan fingerprint density at radius 1 is 0.967 bits per heavy atom. The van der Waals surface area contributed by atoms with Crippen molar-refractivity contribution in [2.75, 3.05) is 10.6 Å². The van der Waals surface area contributed by atoms with Gasteiger partial charge in [0.2, 0.25) is 5.95 Å². The van der Waals surface area contributed by atoms with Crippen molar-refractivity contribution in [2.24, 2.45) is 0 Å². The fourth-order valence-electron chi connectivity index (χ4n) is 4.95. The molecule has 0 bridgehead atoms. The Balaban J connectivity index is 1.43. The molecule has 1 saturated heterocycles. The van der Waals surface area contributed by atoms with Crippen molar-refractivity contribution in [1.82, 2.24) is 20.1 Å². The fourth-order valence-corrected chi connectivity index (χ4v) is 4.95. The molecule has 7 heteroatoms. The van der Waals surface area contributed by atoms with E-state index in [4.69, 9.17) is 15.2 Å². The van der Waals surface area contributed by atoms with Gasteiger partial charge >= 0.3 is 6.01 Å². The average Bonchev–Trinajstić information content (AvgIpc) is 3.18. The summed E-state index contributed by atoms with van der Waals surface area (Å²) < 4.78 is 5.79. The Kier molecular flexibility index (Phi) is 4.68. The minimum absolute atomic E-state index is 0.153. The van der Waals surface area contributed by atoms with Crippen LogP contribution in [0.5, 0.6) is 0 Å². The lowest BCUT2D eigenvalue weighted by Crippen LogP contribution is -2.44. The van der Waals surface area contributed by atoms with Gasteiger partial charge in [0.25, 0.3) is 0 Å². The van der Waals surface area contributed by atoms with Crippen molar-refractivity contribution in [3.8, 4) is 11.1 Å². The lowest BCUT2D eigenvalue weighted by molar-refractivity contribution is 0.271. The van der Waals surface area contributed by atoms with E-state index in [2.05, 4.69) is 58.1 Å². The molecule has 5 rings (SSSR count). The first-order chi connectivity index (χ1) is 14.6. The standard InChI is InChI=1S/C23H28N6O/c1-15-5-3-6-16(2)29(15)22-27-20(28-30-22)23(11-4-12-23)19-9-7-17(8-10-19)18-13-25-21(24)26-14-18/h7-10,13-16H,3-6,11-12H2,1-2H3,(H2,24,25,26). The van der Waals surface area contributed by atoms with E-state index in [1.807, 2.05) is 0 Å². The lowest BCUT2D eigenvalue weighted by atomic mass is 9.64. The van der Waals surface area contributed by atoms with Gasteiger partial charge < -0.3 is 15.2 Å². The molecule has 0 spiro atoms. The normalized spacial score (nSPS) is 23.2. The van der Waals surface area contributed by atoms with E-state index in [-0.39, 0.29) is 11.4 Å². The molecule has 2 N–H and O–H groups in total. The molecule has 1 aromatic carbocycles. The zero-order valence-corrected chi connectivity index (χ0v) is 17.6. The van der Waals surface area contributed by atoms with E-state index in [0.717, 1.165) is 29.8 Å². The average molecular weight is 405 g/mol. The molecule has 2 aliphatic rings. The van der Waals surface area contributed by atoms with E-state index in [9.17, 15) is 0 Å². The molecule has 7 nitrogen and oxygen atoms in total. The van der Waals surface area contributed by atoms with Crippen LogP contribution in [0.4, 0.5) is 12.0 Å². The predicted molar refractivity (Wildman–Crippen MR) is 116 cm³/mol. The van der Waals surface area contributed by atoms with E-state index in [1.165, 1.54) is 31.2 Å². The highest BCUT2D eigenvalue weighted by Crippen LogP contribution is 2.48. The molecule has 1 aliphatic heterocycles. The summed E-state index contributed by atoms with van der Waals surface area (Å²) in [7, 11) is 0. The van der Waals surface area contributed by atoms with Gasteiger partial charge in [0.05, 0.1) is 5.41 Å². The Hall–Kier alpha value is -2.96. The number of anilines is 2. The van der Waals surface area contributed by atoms with Gasteiger partial charge in [0, 0.05) is 30.0 Å². The summed E-state index contributed by atoms with van der Waals surface area (Å²) in [6.07, 6.45) is 10.4. The topological polar surface area (TPSA) is 94.0 Å². The van der Waals surface area contributed by atoms with Crippen LogP contribution in [0, 0.1) is 0 Å². The lowest BCUT2D eigenvalue weighted by Gasteiger charge is -2.40. The van der Waals surface area contributed by atoms with E-state index >= 15 is 0 Å². The first-order valence-corrected chi connectivity index (χ1v) is 10.9. The fraction of sp³-hybridized carbons (Fsp3) is 0.478. The third-order valence-electron chi connectivity index (χ3n) is 6.91. The third kappa shape index (κ3) is 3.13. The highest BCUT2D eigenvalue weighted by Gasteiger charge is 2.45. The van der Waals surface area contributed by atoms with Gasteiger partial charge in [0.1, 0.15) is 0 Å². The second-order valence-electron chi connectivity index (χ2n) is 8.78. The van der Waals surface area contributed by atoms with E-state index in [1.54, 1.807) is 12.4 Å². The summed E-state index contributed by atoms with van der Waals surface area (Å²) >= 11 is 0. The van der Waals surface area contributed by atoms with Gasteiger partial charge in [-0.1, -0.05) is 35.8 Å². The summed E-state index contributed by atoms with van der Waals surface area (Å²) in [5.41, 5.74) is 8.70. The molecule has 1 saturated carbocycles. The van der Waals surface area contributed by atoms with E-state index < -0.39 is 0 Å². The highest BCUT2D eigenvalue weighted by molar-refractivity contribution is 5.62. The summed E-state index contributed by atoms with van der Waals surface area (Å²) in [5.74, 6) is 1.10. The molecule has 3 heterocycles. The van der Waals surface area contributed by atoms with Crippen LogP contribution in [0.2, 0.25) is 0 Å². The van der Waals surface area contributed by atoms with Gasteiger partial charge in [-0.2, -0.15) is 4.98 Å². The minimum atomic E-state index is -0.153. The smallest absolute Gasteiger partial charge is 0.324 e. The second-order valence-corrected chi connectivity index (χ2v) is 8.78. The van der Waals surface area contributed by atoms with Gasteiger partial charge in [-0.15, -0.1) is 0 Å². The second kappa shape index (κ2) is 7.38. The van der Waals surface area contributed by atoms with Crippen molar-refractivity contribution in [3.05, 3.63) is 48.0 Å². The number of nitrogen functional groups attached to an aromatic ring is 1. The zero-order chi connectivity index (χ0) is 20.7. The van der Waals surface area contributed by atoms with Crippen molar-refractivity contribution < 1.29 is 4.52 Å². The number of piperidine rings is 1. The summed E-state index contributed by atoms with van der Waals surface area (Å²) in [6, 6.07) is 10.1. The van der Waals surface area contributed by atoms with Crippen molar-refractivity contribution in [3.63, 3.8) is 0 Å². The molecular formula is C23H28N6O. The molecular weight excluding hydrogens is 376 g/mol. The maximum Gasteiger partial charge on any atom is 0.324 e. The van der Waals surface area contributed by atoms with Crippen LogP contribution in [-0.2, 0) is 5.41 Å². The largest absolute Gasteiger partial charge is 0.368 e. The predicted octanol–water partition coefficient (Wildman–Crippen LogP) is 4.35. The van der Waals surface area contributed by atoms with Crippen molar-refractivity contribution >= 4 is 12.0 Å². The van der Waals surface area contributed by atoms with Gasteiger partial charge in [0.15, 0.2) is 5.82 Å². The van der Waals surface area contributed by atoms with Crippen LogP contribution in [0.15, 0.2) is 41.2 Å². The van der Waals surface area contributed by atoms with Gasteiger partial charge in [-0.3, -0.25) is 0 Å². The number of aromatic nitrogens is 4. The van der Waals surface area contributed by atoms with Gasteiger partial charge in [-0.25, -0.2) is 9.97 Å². The molecule has 30 heavy (non-hydrogen) atoms. The molecule has 0 radical (unpaired) electrons. The molecule has 2 unspecified atom stereocenters. The Morgan fingerprint density at radius 3 is 2.23 bits per heavy atom. The number of nitrogens with zero attached hydrogens (tertiary/aromatic N) is 5. The van der Waals surface area contributed by atoms with Crippen LogP contribution in [0.3, 0.4) is 0 Å². The number of nitrogens with two attached hydrogens (primary N) is 1. The summed E-state index contributed by atoms with van der Waals surface area (Å²) in [6.45, 7) is 4.50. The monoisotopic (exact) mass is 404 g/mol. The van der Waals surface area contributed by atoms with Crippen LogP contribution in [0.1, 0.15) is 63.8 Å². The van der Waals surface area contributed by atoms with Crippen LogP contribution in [0.25, 0.3) is 11.1 Å². The number of hydrogen-bond donors (Lipinski definition) is 1. The highest BCUT2D eigenvalue weighted by atomic mass is 16.5. The van der Waals surface area contributed by atoms with Crippen LogP contribution < -0.4 is 10.6 Å². The first-order valence-electron chi connectivity index (χ1n) is 10.9. The molecule has 2 atom stereocenters. The van der Waals surface area contributed by atoms with Crippen molar-refractivity contribution in [1.29, 1.82) is 0 Å². The summed E-state index contributed by atoms with van der Waals surface area (Å²) in [5, 5.41) is 4.46. The number of hydrogen-bond acceptors (Lipinski definition) is 7. The number of rotatable bonds is 4. The summed E-state index contributed by atoms with van der Waals surface area (Å²) in [4.78, 5) is 15.4. The molecule has 156 valence electrons. The Morgan fingerprint density at radius 2 is 1.63 bits per heavy atom. The third-order valence-corrected chi connectivity index (χ3v) is 6.91. The minimum Gasteiger partial charge on any atom is -0.368 e. The van der Waals surface area contributed by atoms with Gasteiger partial charge in [-0.05, 0) is 57.1 Å². The van der Waals surface area contributed by atoms with E-state index in [0.29, 0.717) is 18.1 Å². The van der Waals surface area contributed by atoms with Crippen molar-refractivity contribution in [2.45, 2.75) is 69.9 Å². The SMILES string of the molecule is CC1CCCC(C)N1c1nc(C2(c3ccc(-c4cnc(N)nc4)cc3)CCC2)no1. The zero-order valence-electron chi connectivity index (χ0n) is 17.6. The molecule has 0 amide bonds. The maximum absolute atomic E-state index is 5.79. The molecule has 2 aromatic heterocycles. The first kappa shape index (κ1) is 19.0. The van der Waals surface area contributed by atoms with Crippen LogP contribution in [-0.4, -0.2) is 32.2 Å². The Labute approximate surface area is 176 Å². The molecule has 3 aromatic rings. The maximum atomic E-state index is 5.79. The molecule has 1 aliphatic carbocycles. The molecule has 2 fully saturated rings. The quantitative estimate of drug-likeness (QED) is 0.691. The van der Waals surface area contributed by atoms with Crippen LogP contribution >= 0.6 is 0 Å². The Bertz CT molecular complexity index is 999. The number of benzene rings is 1.